The molecule has 2 aromatic carbocycles. The van der Waals surface area contributed by atoms with E-state index in [2.05, 4.69) is 37.4 Å². The van der Waals surface area contributed by atoms with Crippen LogP contribution in [0.3, 0.4) is 0 Å². The summed E-state index contributed by atoms with van der Waals surface area (Å²) >= 11 is 5.91. The summed E-state index contributed by atoms with van der Waals surface area (Å²) in [5.74, 6) is 0.679. The number of non-ortho nitro benzene ring substituents is 1. The number of rotatable bonds is 7. The van der Waals surface area contributed by atoms with E-state index in [1.165, 1.54) is 5.56 Å². The molecule has 0 aliphatic carbocycles. The zero-order chi connectivity index (χ0) is 16.9. The van der Waals surface area contributed by atoms with Gasteiger partial charge in [0.05, 0.1) is 13.0 Å². The van der Waals surface area contributed by atoms with Crippen LogP contribution in [0.2, 0.25) is 19.1 Å². The highest BCUT2D eigenvalue weighted by Crippen LogP contribution is 2.37. The molecule has 0 amide bonds. The van der Waals surface area contributed by atoms with E-state index in [-0.39, 0.29) is 10.6 Å². The Morgan fingerprint density at radius 2 is 1.61 bits per heavy atom. The molecule has 0 bridgehead atoms. The molecule has 0 aliphatic rings. The van der Waals surface area contributed by atoms with Crippen molar-refractivity contribution < 1.29 is 4.92 Å². The number of nitro benzene ring substituents is 1. The first-order valence-electron chi connectivity index (χ1n) is 7.81. The van der Waals surface area contributed by atoms with Crippen LogP contribution >= 0.6 is 11.6 Å². The predicted octanol–water partition coefficient (Wildman–Crippen LogP) is 5.60. The number of benzene rings is 2. The lowest BCUT2D eigenvalue weighted by Crippen LogP contribution is -2.35. The summed E-state index contributed by atoms with van der Waals surface area (Å²) in [6.45, 7) is 4.75. The van der Waals surface area contributed by atoms with Gasteiger partial charge < -0.3 is 0 Å². The quantitative estimate of drug-likeness (QED) is 0.283. The van der Waals surface area contributed by atoms with Gasteiger partial charge in [-0.15, -0.1) is 11.6 Å². The molecule has 0 spiro atoms. The Bertz CT molecular complexity index is 644. The number of hydrogen-bond donors (Lipinski definition) is 0. The minimum atomic E-state index is -1.63. The summed E-state index contributed by atoms with van der Waals surface area (Å²) in [4.78, 5) is 10.5. The Balaban J connectivity index is 2.43. The minimum absolute atomic E-state index is 0.140. The van der Waals surface area contributed by atoms with Crippen molar-refractivity contribution in [2.75, 3.05) is 5.88 Å². The van der Waals surface area contributed by atoms with Crippen molar-refractivity contribution in [3.05, 3.63) is 75.8 Å². The first-order chi connectivity index (χ1) is 11.0. The second kappa shape index (κ2) is 7.75. The number of nitrogens with zero attached hydrogens (tertiary/aromatic N) is 1. The monoisotopic (exact) mass is 347 g/mol. The molecule has 0 fully saturated rings. The van der Waals surface area contributed by atoms with Gasteiger partial charge in [0.25, 0.3) is 5.69 Å². The summed E-state index contributed by atoms with van der Waals surface area (Å²) in [6, 6.07) is 18.6. The highest BCUT2D eigenvalue weighted by molar-refractivity contribution is 6.79. The highest BCUT2D eigenvalue weighted by atomic mass is 35.5. The average molecular weight is 348 g/mol. The molecule has 0 aliphatic heterocycles. The fourth-order valence-electron chi connectivity index (χ4n) is 3.20. The van der Waals surface area contributed by atoms with Crippen LogP contribution in [0.5, 0.6) is 0 Å². The van der Waals surface area contributed by atoms with E-state index in [4.69, 9.17) is 11.6 Å². The molecule has 0 radical (unpaired) electrons. The SMILES string of the molecule is C[Si](C)(CCCCl)C(c1ccccc1)c1ccc([N+](=O)[O-])cc1. The van der Waals surface area contributed by atoms with Crippen molar-refractivity contribution >= 4 is 25.4 Å². The molecule has 1 atom stereocenters. The Morgan fingerprint density at radius 3 is 2.13 bits per heavy atom. The van der Waals surface area contributed by atoms with Crippen LogP contribution in [0.25, 0.3) is 0 Å². The lowest BCUT2D eigenvalue weighted by Gasteiger charge is -2.33. The molecule has 0 N–H and O–H groups in total. The third-order valence-corrected chi connectivity index (χ3v) is 8.45. The van der Waals surface area contributed by atoms with Gasteiger partial charge >= 0.3 is 0 Å². The molecule has 23 heavy (non-hydrogen) atoms. The van der Waals surface area contributed by atoms with E-state index in [9.17, 15) is 10.1 Å². The fraction of sp³-hybridized carbons (Fsp3) is 0.333. The molecule has 0 heterocycles. The van der Waals surface area contributed by atoms with E-state index in [1.54, 1.807) is 12.1 Å². The first kappa shape index (κ1) is 17.7. The molecule has 2 rings (SSSR count). The van der Waals surface area contributed by atoms with Crippen LogP contribution in [0.4, 0.5) is 5.69 Å². The molecule has 0 saturated carbocycles. The number of alkyl halides is 1. The number of halogens is 1. The molecule has 0 saturated heterocycles. The smallest absolute Gasteiger partial charge is 0.258 e. The molecule has 122 valence electrons. The maximum Gasteiger partial charge on any atom is 0.269 e. The van der Waals surface area contributed by atoms with Gasteiger partial charge in [0.15, 0.2) is 0 Å². The van der Waals surface area contributed by atoms with Gasteiger partial charge in [-0.25, -0.2) is 0 Å². The second-order valence-corrected chi connectivity index (χ2v) is 11.9. The molecule has 0 aromatic heterocycles. The third kappa shape index (κ3) is 4.42. The van der Waals surface area contributed by atoms with Crippen molar-refractivity contribution in [1.29, 1.82) is 0 Å². The van der Waals surface area contributed by atoms with E-state index in [0.717, 1.165) is 18.0 Å². The van der Waals surface area contributed by atoms with Crippen LogP contribution in [-0.4, -0.2) is 18.9 Å². The lowest BCUT2D eigenvalue weighted by molar-refractivity contribution is -0.384. The summed E-state index contributed by atoms with van der Waals surface area (Å²) < 4.78 is 0. The largest absolute Gasteiger partial charge is 0.269 e. The highest BCUT2D eigenvalue weighted by Gasteiger charge is 2.33. The van der Waals surface area contributed by atoms with Crippen molar-refractivity contribution in [2.45, 2.75) is 31.1 Å². The second-order valence-electron chi connectivity index (χ2n) is 6.47. The molecule has 3 nitrogen and oxygen atoms in total. The summed E-state index contributed by atoms with van der Waals surface area (Å²) in [5.41, 5.74) is 2.90. The van der Waals surface area contributed by atoms with Gasteiger partial charge in [-0.1, -0.05) is 61.6 Å². The summed E-state index contributed by atoms with van der Waals surface area (Å²) in [6.07, 6.45) is 1.01. The Labute approximate surface area is 143 Å². The van der Waals surface area contributed by atoms with Gasteiger partial charge in [-0.2, -0.15) is 0 Å². The Kier molecular flexibility index (Phi) is 5.96. The van der Waals surface area contributed by atoms with E-state index >= 15 is 0 Å². The number of hydrogen-bond acceptors (Lipinski definition) is 2. The maximum atomic E-state index is 10.9. The average Bonchev–Trinajstić information content (AvgIpc) is 2.54. The topological polar surface area (TPSA) is 43.1 Å². The summed E-state index contributed by atoms with van der Waals surface area (Å²) in [7, 11) is -1.63. The van der Waals surface area contributed by atoms with Gasteiger partial charge in [-0.3, -0.25) is 10.1 Å². The van der Waals surface area contributed by atoms with Crippen LogP contribution in [0.1, 0.15) is 23.1 Å². The predicted molar refractivity (Wildman–Crippen MR) is 99.0 cm³/mol. The molecular formula is C18H22ClNO2Si. The van der Waals surface area contributed by atoms with Gasteiger partial charge in [0.1, 0.15) is 0 Å². The minimum Gasteiger partial charge on any atom is -0.258 e. The van der Waals surface area contributed by atoms with Crippen LogP contribution in [0.15, 0.2) is 54.6 Å². The van der Waals surface area contributed by atoms with E-state index in [0.29, 0.717) is 11.4 Å². The van der Waals surface area contributed by atoms with E-state index < -0.39 is 8.07 Å². The van der Waals surface area contributed by atoms with Crippen molar-refractivity contribution in [2.24, 2.45) is 0 Å². The standard InChI is InChI=1S/C18H22ClNO2Si/c1-23(2,14-6-13-19)18(15-7-4-3-5-8-15)16-9-11-17(12-10-16)20(21)22/h3-5,7-12,18H,6,13-14H2,1-2H3. The fourth-order valence-corrected chi connectivity index (χ4v) is 7.12. The summed E-state index contributed by atoms with van der Waals surface area (Å²) in [5, 5.41) is 10.9. The zero-order valence-electron chi connectivity index (χ0n) is 13.5. The van der Waals surface area contributed by atoms with Crippen LogP contribution in [-0.2, 0) is 0 Å². The Hall–Kier alpha value is -1.65. The van der Waals surface area contributed by atoms with E-state index in [1.807, 2.05) is 18.2 Å². The van der Waals surface area contributed by atoms with Gasteiger partial charge in [0, 0.05) is 23.6 Å². The zero-order valence-corrected chi connectivity index (χ0v) is 15.3. The van der Waals surface area contributed by atoms with Crippen molar-refractivity contribution in [1.82, 2.24) is 0 Å². The van der Waals surface area contributed by atoms with Gasteiger partial charge in [0.2, 0.25) is 0 Å². The lowest BCUT2D eigenvalue weighted by atomic mass is 10.0. The van der Waals surface area contributed by atoms with Crippen molar-refractivity contribution in [3.8, 4) is 0 Å². The maximum absolute atomic E-state index is 10.9. The normalized spacial score (nSPS) is 12.8. The first-order valence-corrected chi connectivity index (χ1v) is 11.6. The number of nitro groups is 1. The third-order valence-electron chi connectivity index (χ3n) is 4.31. The molecule has 2 aromatic rings. The van der Waals surface area contributed by atoms with Crippen molar-refractivity contribution in [3.63, 3.8) is 0 Å². The molecular weight excluding hydrogens is 326 g/mol. The van der Waals surface area contributed by atoms with Crippen LogP contribution < -0.4 is 0 Å². The van der Waals surface area contributed by atoms with Crippen LogP contribution in [0, 0.1) is 10.1 Å². The molecule has 1 unspecified atom stereocenters. The Morgan fingerprint density at radius 1 is 1.04 bits per heavy atom. The van der Waals surface area contributed by atoms with Gasteiger partial charge in [-0.05, 0) is 17.5 Å². The molecule has 5 heteroatoms.